The molecule has 1 unspecified atom stereocenters. The second kappa shape index (κ2) is 7.81. The molecule has 0 radical (unpaired) electrons. The van der Waals surface area contributed by atoms with Crippen LogP contribution in [0.2, 0.25) is 8.67 Å². The van der Waals surface area contributed by atoms with Gasteiger partial charge in [-0.2, -0.15) is 0 Å². The maximum atomic E-state index is 6.30. The minimum atomic E-state index is 0.195. The number of hydrogen-bond acceptors (Lipinski definition) is 2. The summed E-state index contributed by atoms with van der Waals surface area (Å²) in [4.78, 5) is 0. The third-order valence-corrected chi connectivity index (χ3v) is 5.04. The van der Waals surface area contributed by atoms with E-state index in [4.69, 9.17) is 23.2 Å². The van der Waals surface area contributed by atoms with Gasteiger partial charge in [0, 0.05) is 16.1 Å². The highest BCUT2D eigenvalue weighted by atomic mass is 79.9. The summed E-state index contributed by atoms with van der Waals surface area (Å²) in [7, 11) is 0. The topological polar surface area (TPSA) is 12.0 Å². The molecule has 0 fully saturated rings. The molecule has 0 spiro atoms. The molecule has 0 bridgehead atoms. The van der Waals surface area contributed by atoms with Crippen molar-refractivity contribution in [2.24, 2.45) is 0 Å². The maximum absolute atomic E-state index is 6.30. The Bertz CT molecular complexity index is 571. The molecule has 0 saturated heterocycles. The summed E-state index contributed by atoms with van der Waals surface area (Å²) in [6, 6.07) is 10.5. The third-order valence-electron chi connectivity index (χ3n) is 3.03. The van der Waals surface area contributed by atoms with Crippen molar-refractivity contribution in [3.05, 3.63) is 54.6 Å². The molecule has 0 aliphatic carbocycles. The van der Waals surface area contributed by atoms with E-state index >= 15 is 0 Å². The van der Waals surface area contributed by atoms with E-state index in [1.54, 1.807) is 0 Å². The quantitative estimate of drug-likeness (QED) is 0.625. The third kappa shape index (κ3) is 4.47. The molecular formula is C15H16BrCl2NS. The van der Waals surface area contributed by atoms with Crippen molar-refractivity contribution in [1.82, 2.24) is 5.32 Å². The van der Waals surface area contributed by atoms with Crippen LogP contribution in [0.4, 0.5) is 0 Å². The van der Waals surface area contributed by atoms with Crippen LogP contribution in [0, 0.1) is 0 Å². The molecule has 20 heavy (non-hydrogen) atoms. The number of benzene rings is 1. The van der Waals surface area contributed by atoms with Gasteiger partial charge in [0.2, 0.25) is 0 Å². The van der Waals surface area contributed by atoms with E-state index in [2.05, 4.69) is 46.4 Å². The van der Waals surface area contributed by atoms with Crippen LogP contribution in [0.25, 0.3) is 0 Å². The largest absolute Gasteiger partial charge is 0.310 e. The minimum Gasteiger partial charge on any atom is -0.310 e. The molecule has 1 atom stereocenters. The van der Waals surface area contributed by atoms with Crippen molar-refractivity contribution in [3.63, 3.8) is 0 Å². The molecule has 0 saturated carbocycles. The van der Waals surface area contributed by atoms with Crippen LogP contribution in [0.15, 0.2) is 34.8 Å². The van der Waals surface area contributed by atoms with Gasteiger partial charge in [0.1, 0.15) is 0 Å². The second-order valence-corrected chi connectivity index (χ2v) is 7.82. The van der Waals surface area contributed by atoms with E-state index in [0.29, 0.717) is 0 Å². The molecule has 1 aromatic heterocycles. The highest BCUT2D eigenvalue weighted by Gasteiger charge is 2.17. The fraction of sp³-hybridized carbons (Fsp3) is 0.333. The molecule has 1 nitrogen and oxygen atoms in total. The van der Waals surface area contributed by atoms with Gasteiger partial charge in [-0.05, 0) is 43.1 Å². The molecule has 1 heterocycles. The minimum absolute atomic E-state index is 0.195. The zero-order chi connectivity index (χ0) is 14.5. The second-order valence-electron chi connectivity index (χ2n) is 4.62. The monoisotopic (exact) mass is 391 g/mol. The van der Waals surface area contributed by atoms with Crippen LogP contribution in [0.5, 0.6) is 0 Å². The number of thiophene rings is 1. The molecule has 2 aromatic rings. The summed E-state index contributed by atoms with van der Waals surface area (Å²) in [5.74, 6) is 0. The smallest absolute Gasteiger partial charge is 0.0992 e. The first kappa shape index (κ1) is 16.3. The molecule has 2 rings (SSSR count). The lowest BCUT2D eigenvalue weighted by Crippen LogP contribution is -2.24. The summed E-state index contributed by atoms with van der Waals surface area (Å²) in [6.45, 7) is 3.12. The van der Waals surface area contributed by atoms with Crippen LogP contribution in [-0.4, -0.2) is 6.54 Å². The predicted octanol–water partition coefficient (Wildman–Crippen LogP) is 6.10. The van der Waals surface area contributed by atoms with E-state index < -0.39 is 0 Å². The number of halogens is 3. The van der Waals surface area contributed by atoms with E-state index in [9.17, 15) is 0 Å². The fourth-order valence-corrected chi connectivity index (χ4v) is 4.13. The van der Waals surface area contributed by atoms with Gasteiger partial charge in [0.15, 0.2) is 0 Å². The lowest BCUT2D eigenvalue weighted by molar-refractivity contribution is 0.530. The Kier molecular flexibility index (Phi) is 6.37. The molecular weight excluding hydrogens is 377 g/mol. The highest BCUT2D eigenvalue weighted by molar-refractivity contribution is 9.10. The van der Waals surface area contributed by atoms with Gasteiger partial charge in [-0.15, -0.1) is 11.3 Å². The Morgan fingerprint density at radius 1 is 1.30 bits per heavy atom. The normalized spacial score (nSPS) is 12.6. The molecule has 5 heteroatoms. The number of nitrogens with one attached hydrogen (secondary N) is 1. The SMILES string of the molecule is CCCNC(Cc1cccc(Br)c1)c1cc(Cl)sc1Cl. The molecule has 0 amide bonds. The molecule has 0 aliphatic heterocycles. The van der Waals surface area contributed by atoms with E-state index in [0.717, 1.165) is 38.1 Å². The summed E-state index contributed by atoms with van der Waals surface area (Å²) < 4.78 is 2.61. The van der Waals surface area contributed by atoms with Crippen LogP contribution < -0.4 is 5.32 Å². The van der Waals surface area contributed by atoms with Crippen molar-refractivity contribution in [2.45, 2.75) is 25.8 Å². The standard InChI is InChI=1S/C15H16BrCl2NS/c1-2-6-19-13(12-9-14(17)20-15(12)18)8-10-4-3-5-11(16)7-10/h3-5,7,9,13,19H,2,6,8H2,1H3. The van der Waals surface area contributed by atoms with Crippen molar-refractivity contribution >= 4 is 50.5 Å². The van der Waals surface area contributed by atoms with Crippen LogP contribution >= 0.6 is 50.5 Å². The predicted molar refractivity (Wildman–Crippen MR) is 93.2 cm³/mol. The summed E-state index contributed by atoms with van der Waals surface area (Å²) in [5, 5.41) is 3.56. The molecule has 0 aliphatic rings. The summed E-state index contributed by atoms with van der Waals surface area (Å²) >= 11 is 17.3. The average molecular weight is 393 g/mol. The van der Waals surface area contributed by atoms with Crippen LogP contribution in [0.3, 0.4) is 0 Å². The molecule has 1 N–H and O–H groups in total. The van der Waals surface area contributed by atoms with Crippen molar-refractivity contribution in [1.29, 1.82) is 0 Å². The summed E-state index contributed by atoms with van der Waals surface area (Å²) in [6.07, 6.45) is 1.98. The van der Waals surface area contributed by atoms with Crippen molar-refractivity contribution in [3.8, 4) is 0 Å². The fourth-order valence-electron chi connectivity index (χ4n) is 2.10. The van der Waals surface area contributed by atoms with Gasteiger partial charge < -0.3 is 5.32 Å². The van der Waals surface area contributed by atoms with Gasteiger partial charge in [-0.25, -0.2) is 0 Å². The number of rotatable bonds is 6. The Hall–Kier alpha value is -0.0600. The van der Waals surface area contributed by atoms with Gasteiger partial charge in [0.25, 0.3) is 0 Å². The van der Waals surface area contributed by atoms with Gasteiger partial charge in [-0.1, -0.05) is 58.2 Å². The first-order valence-corrected chi connectivity index (χ1v) is 8.89. The van der Waals surface area contributed by atoms with Crippen molar-refractivity contribution < 1.29 is 0 Å². The van der Waals surface area contributed by atoms with Gasteiger partial charge >= 0.3 is 0 Å². The van der Waals surface area contributed by atoms with E-state index in [-0.39, 0.29) is 6.04 Å². The van der Waals surface area contributed by atoms with Gasteiger partial charge in [-0.3, -0.25) is 0 Å². The summed E-state index contributed by atoms with van der Waals surface area (Å²) in [5.41, 5.74) is 2.36. The lowest BCUT2D eigenvalue weighted by atomic mass is 10.0. The highest BCUT2D eigenvalue weighted by Crippen LogP contribution is 2.36. The Morgan fingerprint density at radius 2 is 2.10 bits per heavy atom. The Labute approximate surface area is 142 Å². The van der Waals surface area contributed by atoms with Crippen molar-refractivity contribution in [2.75, 3.05) is 6.54 Å². The van der Waals surface area contributed by atoms with Crippen LogP contribution in [0.1, 0.15) is 30.5 Å². The van der Waals surface area contributed by atoms with Gasteiger partial charge in [0.05, 0.1) is 8.67 Å². The zero-order valence-electron chi connectivity index (χ0n) is 11.1. The van der Waals surface area contributed by atoms with E-state index in [1.165, 1.54) is 16.9 Å². The lowest BCUT2D eigenvalue weighted by Gasteiger charge is -2.18. The average Bonchev–Trinajstić information content (AvgIpc) is 2.73. The first-order chi connectivity index (χ1) is 9.60. The first-order valence-electron chi connectivity index (χ1n) is 6.52. The zero-order valence-corrected chi connectivity index (χ0v) is 15.0. The Balaban J connectivity index is 2.21. The van der Waals surface area contributed by atoms with Crippen LogP contribution in [-0.2, 0) is 6.42 Å². The number of hydrogen-bond donors (Lipinski definition) is 1. The van der Waals surface area contributed by atoms with E-state index in [1.807, 2.05) is 12.1 Å². The Morgan fingerprint density at radius 3 is 2.70 bits per heavy atom. The molecule has 108 valence electrons. The maximum Gasteiger partial charge on any atom is 0.0992 e. The molecule has 1 aromatic carbocycles.